The highest BCUT2D eigenvalue weighted by atomic mass is 32.2. The number of nitrogens with two attached hydrogens (primary N) is 1. The van der Waals surface area contributed by atoms with Crippen molar-refractivity contribution >= 4 is 21.7 Å². The third-order valence-corrected chi connectivity index (χ3v) is 3.11. The Morgan fingerprint density at radius 2 is 1.76 bits per heavy atom. The van der Waals surface area contributed by atoms with Gasteiger partial charge in [0.15, 0.2) is 5.78 Å². The van der Waals surface area contributed by atoms with Gasteiger partial charge in [-0.2, -0.15) is 0 Å². The van der Waals surface area contributed by atoms with E-state index in [1.165, 1.54) is 12.1 Å². The molecule has 1 aromatic rings. The van der Waals surface area contributed by atoms with Gasteiger partial charge in [-0.05, 0) is 0 Å². The summed E-state index contributed by atoms with van der Waals surface area (Å²) in [5.74, 6) is -2.05. The van der Waals surface area contributed by atoms with Crippen molar-refractivity contribution in [2.45, 2.75) is 0 Å². The van der Waals surface area contributed by atoms with Crippen LogP contribution in [0, 0.1) is 0 Å². The standard InChI is InChI=1S/C10H12N2O4S/c11-10(14)6-12-17(15,16)7-9(13)8-4-2-1-3-5-8/h1-5,12H,6-7H2,(H2,11,14). The zero-order valence-electron chi connectivity index (χ0n) is 8.92. The third-order valence-electron chi connectivity index (χ3n) is 1.88. The maximum atomic E-state index is 11.6. The second-order valence-corrected chi connectivity index (χ2v) is 5.14. The molecular formula is C10H12N2O4S. The van der Waals surface area contributed by atoms with Gasteiger partial charge in [-0.15, -0.1) is 0 Å². The summed E-state index contributed by atoms with van der Waals surface area (Å²) in [7, 11) is -3.82. The highest BCUT2D eigenvalue weighted by Crippen LogP contribution is 2.01. The number of Topliss-reactive ketones (excluding diaryl/α,β-unsaturated/α-hetero) is 1. The van der Waals surface area contributed by atoms with E-state index in [0.29, 0.717) is 5.56 Å². The van der Waals surface area contributed by atoms with Crippen LogP contribution >= 0.6 is 0 Å². The first-order chi connectivity index (χ1) is 7.91. The highest BCUT2D eigenvalue weighted by Gasteiger charge is 2.17. The first kappa shape index (κ1) is 13.3. The molecule has 0 saturated carbocycles. The summed E-state index contributed by atoms with van der Waals surface area (Å²) < 4.78 is 24.7. The van der Waals surface area contributed by atoms with Crippen LogP contribution in [-0.2, 0) is 14.8 Å². The second-order valence-electron chi connectivity index (χ2n) is 3.34. The van der Waals surface area contributed by atoms with Crippen LogP contribution in [0.1, 0.15) is 10.4 Å². The Kier molecular flexibility index (Phi) is 4.36. The summed E-state index contributed by atoms with van der Waals surface area (Å²) in [4.78, 5) is 22.0. The largest absolute Gasteiger partial charge is 0.369 e. The molecule has 0 fully saturated rings. The van der Waals surface area contributed by atoms with Crippen molar-refractivity contribution in [1.82, 2.24) is 4.72 Å². The van der Waals surface area contributed by atoms with E-state index in [0.717, 1.165) is 0 Å². The Morgan fingerprint density at radius 3 is 2.29 bits per heavy atom. The van der Waals surface area contributed by atoms with Gasteiger partial charge >= 0.3 is 0 Å². The van der Waals surface area contributed by atoms with Gasteiger partial charge in [0.05, 0.1) is 6.54 Å². The van der Waals surface area contributed by atoms with Crippen LogP contribution in [0.15, 0.2) is 30.3 Å². The van der Waals surface area contributed by atoms with Gasteiger partial charge < -0.3 is 5.73 Å². The van der Waals surface area contributed by atoms with Crippen molar-refractivity contribution in [3.63, 3.8) is 0 Å². The Morgan fingerprint density at radius 1 is 1.18 bits per heavy atom. The summed E-state index contributed by atoms with van der Waals surface area (Å²) in [5, 5.41) is 0. The van der Waals surface area contributed by atoms with E-state index in [1.54, 1.807) is 18.2 Å². The lowest BCUT2D eigenvalue weighted by Gasteiger charge is -2.04. The number of carbonyl (C=O) groups excluding carboxylic acids is 2. The number of ketones is 1. The van der Waals surface area contributed by atoms with E-state index in [2.05, 4.69) is 0 Å². The highest BCUT2D eigenvalue weighted by molar-refractivity contribution is 7.90. The fourth-order valence-electron chi connectivity index (χ4n) is 1.11. The molecule has 0 aliphatic heterocycles. The van der Waals surface area contributed by atoms with Gasteiger partial charge in [0.2, 0.25) is 15.9 Å². The predicted molar refractivity (Wildman–Crippen MR) is 61.8 cm³/mol. The molecule has 0 spiro atoms. The molecule has 0 radical (unpaired) electrons. The summed E-state index contributed by atoms with van der Waals surface area (Å²) in [6.45, 7) is -0.510. The van der Waals surface area contributed by atoms with E-state index in [1.807, 2.05) is 4.72 Å². The molecule has 0 heterocycles. The van der Waals surface area contributed by atoms with Crippen LogP contribution < -0.4 is 10.5 Å². The Hall–Kier alpha value is -1.73. The molecule has 1 amide bonds. The average molecular weight is 256 g/mol. The first-order valence-electron chi connectivity index (χ1n) is 4.74. The molecule has 7 heteroatoms. The number of benzene rings is 1. The van der Waals surface area contributed by atoms with Gasteiger partial charge in [-0.3, -0.25) is 9.59 Å². The van der Waals surface area contributed by atoms with Crippen molar-refractivity contribution in [2.75, 3.05) is 12.3 Å². The second kappa shape index (κ2) is 5.55. The SMILES string of the molecule is NC(=O)CNS(=O)(=O)CC(=O)c1ccccc1. The Bertz CT molecular complexity index is 510. The zero-order valence-corrected chi connectivity index (χ0v) is 9.74. The monoisotopic (exact) mass is 256 g/mol. The number of hydrogen-bond acceptors (Lipinski definition) is 4. The molecular weight excluding hydrogens is 244 g/mol. The smallest absolute Gasteiger partial charge is 0.232 e. The van der Waals surface area contributed by atoms with E-state index >= 15 is 0 Å². The fraction of sp³-hybridized carbons (Fsp3) is 0.200. The minimum atomic E-state index is -3.82. The van der Waals surface area contributed by atoms with Crippen molar-refractivity contribution < 1.29 is 18.0 Å². The number of rotatable bonds is 6. The topological polar surface area (TPSA) is 106 Å². The number of carbonyl (C=O) groups is 2. The Balaban J connectivity index is 2.66. The van der Waals surface area contributed by atoms with Crippen molar-refractivity contribution in [3.8, 4) is 0 Å². The van der Waals surface area contributed by atoms with Crippen molar-refractivity contribution in [2.24, 2.45) is 5.73 Å². The molecule has 0 aromatic heterocycles. The van der Waals surface area contributed by atoms with Gasteiger partial charge in [-0.25, -0.2) is 13.1 Å². The van der Waals surface area contributed by atoms with Gasteiger partial charge in [0.25, 0.3) is 0 Å². The lowest BCUT2D eigenvalue weighted by Crippen LogP contribution is -2.36. The number of nitrogens with one attached hydrogen (secondary N) is 1. The molecule has 92 valence electrons. The number of hydrogen-bond donors (Lipinski definition) is 2. The van der Waals surface area contributed by atoms with E-state index in [4.69, 9.17) is 5.73 Å². The quantitative estimate of drug-likeness (QED) is 0.654. The summed E-state index contributed by atoms with van der Waals surface area (Å²) in [5.41, 5.74) is 5.09. The van der Waals surface area contributed by atoms with E-state index in [-0.39, 0.29) is 0 Å². The molecule has 3 N–H and O–H groups in total. The maximum absolute atomic E-state index is 11.6. The molecule has 0 bridgehead atoms. The number of primary amides is 1. The van der Waals surface area contributed by atoms with Crippen LogP contribution in [0.25, 0.3) is 0 Å². The van der Waals surface area contributed by atoms with E-state index < -0.39 is 34.0 Å². The van der Waals surface area contributed by atoms with Crippen molar-refractivity contribution in [3.05, 3.63) is 35.9 Å². The average Bonchev–Trinajstić information content (AvgIpc) is 2.27. The summed E-state index contributed by atoms with van der Waals surface area (Å²) >= 11 is 0. The predicted octanol–water partition coefficient (Wildman–Crippen LogP) is -0.726. The maximum Gasteiger partial charge on any atom is 0.232 e. The minimum absolute atomic E-state index is 0.303. The van der Waals surface area contributed by atoms with E-state index in [9.17, 15) is 18.0 Å². The molecule has 0 saturated heterocycles. The van der Waals surface area contributed by atoms with Crippen LogP contribution in [-0.4, -0.2) is 32.4 Å². The van der Waals surface area contributed by atoms with Crippen LogP contribution in [0.2, 0.25) is 0 Å². The minimum Gasteiger partial charge on any atom is -0.369 e. The molecule has 1 rings (SSSR count). The normalized spacial score (nSPS) is 11.1. The molecule has 0 unspecified atom stereocenters. The zero-order chi connectivity index (χ0) is 12.9. The number of amides is 1. The van der Waals surface area contributed by atoms with Crippen LogP contribution in [0.3, 0.4) is 0 Å². The number of sulfonamides is 1. The first-order valence-corrected chi connectivity index (χ1v) is 6.40. The van der Waals surface area contributed by atoms with Gasteiger partial charge in [0, 0.05) is 5.56 Å². The van der Waals surface area contributed by atoms with Gasteiger partial charge in [-0.1, -0.05) is 30.3 Å². The molecule has 0 atom stereocenters. The molecule has 1 aromatic carbocycles. The lowest BCUT2D eigenvalue weighted by molar-refractivity contribution is -0.116. The molecule has 0 aliphatic rings. The van der Waals surface area contributed by atoms with Crippen molar-refractivity contribution in [1.29, 1.82) is 0 Å². The van der Waals surface area contributed by atoms with Crippen LogP contribution in [0.5, 0.6) is 0 Å². The third kappa shape index (κ3) is 4.75. The Labute approximate surface area is 98.9 Å². The fourth-order valence-corrected chi connectivity index (χ4v) is 2.09. The summed E-state index contributed by atoms with van der Waals surface area (Å²) in [6.07, 6.45) is 0. The molecule has 6 nitrogen and oxygen atoms in total. The molecule has 0 aliphatic carbocycles. The summed E-state index contributed by atoms with van der Waals surface area (Å²) in [6, 6.07) is 8.03. The van der Waals surface area contributed by atoms with Crippen LogP contribution in [0.4, 0.5) is 0 Å². The molecule has 17 heavy (non-hydrogen) atoms. The van der Waals surface area contributed by atoms with Gasteiger partial charge in [0.1, 0.15) is 5.75 Å². The lowest BCUT2D eigenvalue weighted by atomic mass is 10.2.